The molecule has 4 heterocycles. The van der Waals surface area contributed by atoms with Gasteiger partial charge in [-0.2, -0.15) is 4.98 Å². The summed E-state index contributed by atoms with van der Waals surface area (Å²) < 4.78 is 10.5. The summed E-state index contributed by atoms with van der Waals surface area (Å²) >= 11 is 0. The number of rotatable bonds is 6. The minimum atomic E-state index is 0.403. The standard InChI is InChI=1S/C19H26N4O2/c1-24-14-18-20-19(25-21-18)13-23-11-16-7-8-17(23)12-22(10-16)9-15-5-3-2-4-6-15/h2-6,16-17H,7-14H2,1H3/t16-,17+/m1/s1. The van der Waals surface area contributed by atoms with Crippen molar-refractivity contribution in [2.45, 2.75) is 38.6 Å². The van der Waals surface area contributed by atoms with Gasteiger partial charge in [0, 0.05) is 39.3 Å². The van der Waals surface area contributed by atoms with E-state index in [-0.39, 0.29) is 0 Å². The van der Waals surface area contributed by atoms with Gasteiger partial charge in [0.05, 0.1) is 6.54 Å². The van der Waals surface area contributed by atoms with E-state index >= 15 is 0 Å². The van der Waals surface area contributed by atoms with Crippen LogP contribution in [0.5, 0.6) is 0 Å². The van der Waals surface area contributed by atoms with Crippen LogP contribution < -0.4 is 0 Å². The topological polar surface area (TPSA) is 54.6 Å². The van der Waals surface area contributed by atoms with E-state index in [9.17, 15) is 0 Å². The van der Waals surface area contributed by atoms with Crippen molar-refractivity contribution < 1.29 is 9.26 Å². The number of nitrogens with zero attached hydrogens (tertiary/aromatic N) is 4. The van der Waals surface area contributed by atoms with Gasteiger partial charge in [-0.1, -0.05) is 35.5 Å². The molecule has 0 radical (unpaired) electrons. The SMILES string of the molecule is COCc1noc(CN2C[C@@H]3CC[C@H]2CN(Cc2ccccc2)C3)n1. The van der Waals surface area contributed by atoms with Crippen LogP contribution in [0.25, 0.3) is 0 Å². The Hall–Kier alpha value is -1.76. The molecule has 0 saturated carbocycles. The summed E-state index contributed by atoms with van der Waals surface area (Å²) in [5.74, 6) is 2.06. The van der Waals surface area contributed by atoms with Crippen LogP contribution in [0.2, 0.25) is 0 Å². The average molecular weight is 342 g/mol. The molecule has 5 rings (SSSR count). The first-order valence-corrected chi connectivity index (χ1v) is 9.11. The number of benzene rings is 1. The molecular weight excluding hydrogens is 316 g/mol. The molecule has 2 aromatic rings. The monoisotopic (exact) mass is 342 g/mol. The maximum atomic E-state index is 5.39. The van der Waals surface area contributed by atoms with Crippen LogP contribution in [-0.4, -0.2) is 52.7 Å². The number of hydrogen-bond donors (Lipinski definition) is 0. The summed E-state index contributed by atoms with van der Waals surface area (Å²) in [7, 11) is 1.64. The molecule has 3 aliphatic rings. The van der Waals surface area contributed by atoms with Crippen molar-refractivity contribution in [3.63, 3.8) is 0 Å². The van der Waals surface area contributed by atoms with Crippen LogP contribution in [0, 0.1) is 5.92 Å². The summed E-state index contributed by atoms with van der Waals surface area (Å²) in [5, 5.41) is 3.98. The minimum Gasteiger partial charge on any atom is -0.377 e. The Morgan fingerprint density at radius 1 is 1.12 bits per heavy atom. The van der Waals surface area contributed by atoms with Crippen LogP contribution in [-0.2, 0) is 24.4 Å². The van der Waals surface area contributed by atoms with E-state index in [0.717, 1.165) is 32.1 Å². The zero-order chi connectivity index (χ0) is 17.1. The molecule has 2 bridgehead atoms. The van der Waals surface area contributed by atoms with Gasteiger partial charge in [-0.3, -0.25) is 9.80 Å². The smallest absolute Gasteiger partial charge is 0.240 e. The van der Waals surface area contributed by atoms with Gasteiger partial charge in [0.2, 0.25) is 5.89 Å². The first-order valence-electron chi connectivity index (χ1n) is 9.11. The summed E-state index contributed by atoms with van der Waals surface area (Å²) in [5.41, 5.74) is 1.40. The maximum Gasteiger partial charge on any atom is 0.240 e. The van der Waals surface area contributed by atoms with Crippen molar-refractivity contribution in [3.8, 4) is 0 Å². The lowest BCUT2D eigenvalue weighted by Gasteiger charge is -2.35. The van der Waals surface area contributed by atoms with Crippen molar-refractivity contribution in [3.05, 3.63) is 47.6 Å². The maximum absolute atomic E-state index is 5.39. The fourth-order valence-electron chi connectivity index (χ4n) is 4.16. The molecule has 1 aromatic carbocycles. The molecule has 6 nitrogen and oxygen atoms in total. The number of piperidine rings is 1. The molecule has 0 N–H and O–H groups in total. The molecule has 134 valence electrons. The van der Waals surface area contributed by atoms with Crippen LogP contribution in [0.3, 0.4) is 0 Å². The molecule has 0 aliphatic carbocycles. The Morgan fingerprint density at radius 2 is 2.00 bits per heavy atom. The van der Waals surface area contributed by atoms with E-state index in [1.54, 1.807) is 7.11 Å². The number of fused-ring (bicyclic) bond motifs is 4. The molecule has 3 saturated heterocycles. The molecule has 1 aromatic heterocycles. The Bertz CT molecular complexity index is 675. The Morgan fingerprint density at radius 3 is 2.84 bits per heavy atom. The van der Waals surface area contributed by atoms with Gasteiger partial charge in [-0.25, -0.2) is 0 Å². The van der Waals surface area contributed by atoms with Crippen LogP contribution in [0.1, 0.15) is 30.1 Å². The number of ether oxygens (including phenoxy) is 1. The third-order valence-corrected chi connectivity index (χ3v) is 5.27. The third kappa shape index (κ3) is 4.08. The summed E-state index contributed by atoms with van der Waals surface area (Å²) in [4.78, 5) is 9.58. The zero-order valence-corrected chi connectivity index (χ0v) is 14.8. The Labute approximate surface area is 148 Å². The highest BCUT2D eigenvalue weighted by atomic mass is 16.5. The predicted molar refractivity (Wildman–Crippen MR) is 93.7 cm³/mol. The first-order chi connectivity index (χ1) is 12.3. The second kappa shape index (κ2) is 7.64. The fraction of sp³-hybridized carbons (Fsp3) is 0.579. The van der Waals surface area contributed by atoms with Gasteiger partial charge in [-0.15, -0.1) is 0 Å². The van der Waals surface area contributed by atoms with E-state index in [0.29, 0.717) is 24.4 Å². The highest BCUT2D eigenvalue weighted by molar-refractivity contribution is 5.14. The van der Waals surface area contributed by atoms with Crippen LogP contribution in [0.15, 0.2) is 34.9 Å². The minimum absolute atomic E-state index is 0.403. The van der Waals surface area contributed by atoms with E-state index in [4.69, 9.17) is 9.26 Å². The summed E-state index contributed by atoms with van der Waals surface area (Å²) in [6, 6.07) is 11.4. The molecule has 0 spiro atoms. The normalized spacial score (nSPS) is 24.5. The lowest BCUT2D eigenvalue weighted by molar-refractivity contribution is 0.109. The van der Waals surface area contributed by atoms with Crippen molar-refractivity contribution in [1.82, 2.24) is 19.9 Å². The van der Waals surface area contributed by atoms with Crippen molar-refractivity contribution in [2.75, 3.05) is 26.7 Å². The predicted octanol–water partition coefficient (Wildman–Crippen LogP) is 2.31. The van der Waals surface area contributed by atoms with E-state index < -0.39 is 0 Å². The van der Waals surface area contributed by atoms with Crippen molar-refractivity contribution in [1.29, 1.82) is 0 Å². The largest absolute Gasteiger partial charge is 0.377 e. The molecule has 3 aliphatic heterocycles. The summed E-state index contributed by atoms with van der Waals surface area (Å²) in [6.07, 6.45) is 2.58. The van der Waals surface area contributed by atoms with Crippen molar-refractivity contribution in [2.24, 2.45) is 5.92 Å². The molecular formula is C19H26N4O2. The molecule has 6 heteroatoms. The van der Waals surface area contributed by atoms with Gasteiger partial charge in [-0.05, 0) is 24.3 Å². The van der Waals surface area contributed by atoms with E-state index in [2.05, 4.69) is 50.3 Å². The average Bonchev–Trinajstić information content (AvgIpc) is 2.87. The van der Waals surface area contributed by atoms with Crippen LogP contribution >= 0.6 is 0 Å². The Kier molecular flexibility index (Phi) is 5.10. The van der Waals surface area contributed by atoms with Gasteiger partial charge in [0.15, 0.2) is 5.82 Å². The van der Waals surface area contributed by atoms with Gasteiger partial charge < -0.3 is 9.26 Å². The lowest BCUT2D eigenvalue weighted by atomic mass is 9.95. The lowest BCUT2D eigenvalue weighted by Crippen LogP contribution is -2.43. The second-order valence-electron chi connectivity index (χ2n) is 7.24. The van der Waals surface area contributed by atoms with Crippen molar-refractivity contribution >= 4 is 0 Å². The second-order valence-corrected chi connectivity index (χ2v) is 7.24. The number of hydrogen-bond acceptors (Lipinski definition) is 6. The molecule has 2 atom stereocenters. The number of aromatic nitrogens is 2. The van der Waals surface area contributed by atoms with E-state index in [1.807, 2.05) is 0 Å². The Balaban J connectivity index is 1.40. The van der Waals surface area contributed by atoms with Gasteiger partial charge in [0.1, 0.15) is 6.61 Å². The quantitative estimate of drug-likeness (QED) is 0.803. The number of methoxy groups -OCH3 is 1. The third-order valence-electron chi connectivity index (χ3n) is 5.27. The first kappa shape index (κ1) is 16.7. The highest BCUT2D eigenvalue weighted by Crippen LogP contribution is 2.29. The zero-order valence-electron chi connectivity index (χ0n) is 14.8. The molecule has 25 heavy (non-hydrogen) atoms. The fourth-order valence-corrected chi connectivity index (χ4v) is 4.16. The molecule has 0 unspecified atom stereocenters. The van der Waals surface area contributed by atoms with E-state index in [1.165, 1.54) is 24.9 Å². The summed E-state index contributed by atoms with van der Waals surface area (Å²) in [6.45, 7) is 5.61. The van der Waals surface area contributed by atoms with Crippen LogP contribution in [0.4, 0.5) is 0 Å². The molecule has 0 amide bonds. The highest BCUT2D eigenvalue weighted by Gasteiger charge is 2.35. The van der Waals surface area contributed by atoms with Gasteiger partial charge >= 0.3 is 0 Å². The van der Waals surface area contributed by atoms with Gasteiger partial charge in [0.25, 0.3) is 0 Å². The molecule has 3 fully saturated rings.